The zero-order valence-corrected chi connectivity index (χ0v) is 10.6. The van der Waals surface area contributed by atoms with E-state index in [1.165, 1.54) is 11.1 Å². The van der Waals surface area contributed by atoms with E-state index >= 15 is 0 Å². The number of hydrogen-bond donors (Lipinski definition) is 0. The van der Waals surface area contributed by atoms with Crippen LogP contribution in [-0.2, 0) is 13.0 Å². The molecular formula is C14H17N3. The lowest BCUT2D eigenvalue weighted by Crippen LogP contribution is -2.02. The average molecular weight is 227 g/mol. The van der Waals surface area contributed by atoms with Crippen LogP contribution in [0.1, 0.15) is 30.3 Å². The molecular weight excluding hydrogens is 210 g/mol. The van der Waals surface area contributed by atoms with Gasteiger partial charge in [-0.05, 0) is 37.1 Å². The zero-order valence-electron chi connectivity index (χ0n) is 10.6. The lowest BCUT2D eigenvalue weighted by atomic mass is 10.1. The van der Waals surface area contributed by atoms with Gasteiger partial charge in [-0.1, -0.05) is 6.92 Å². The molecule has 0 N–H and O–H groups in total. The molecule has 0 aliphatic heterocycles. The summed E-state index contributed by atoms with van der Waals surface area (Å²) < 4.78 is 2.17. The fraction of sp³-hybridized carbons (Fsp3) is 0.429. The first-order valence-electron chi connectivity index (χ1n) is 6.00. The van der Waals surface area contributed by atoms with Crippen molar-refractivity contribution < 1.29 is 0 Å². The number of rotatable bonds is 3. The molecule has 0 fully saturated rings. The van der Waals surface area contributed by atoms with E-state index in [9.17, 15) is 0 Å². The highest BCUT2D eigenvalue weighted by molar-refractivity contribution is 5.78. The van der Waals surface area contributed by atoms with Crippen molar-refractivity contribution in [1.82, 2.24) is 9.55 Å². The van der Waals surface area contributed by atoms with Crippen molar-refractivity contribution in [2.24, 2.45) is 0 Å². The second-order valence-corrected chi connectivity index (χ2v) is 4.37. The third-order valence-corrected chi connectivity index (χ3v) is 3.21. The molecule has 2 rings (SSSR count). The maximum atomic E-state index is 8.72. The Morgan fingerprint density at radius 1 is 1.29 bits per heavy atom. The minimum Gasteiger partial charge on any atom is -0.327 e. The molecule has 3 nitrogen and oxygen atoms in total. The predicted octanol–water partition coefficient (Wildman–Crippen LogP) is 3.13. The molecule has 3 heteroatoms. The van der Waals surface area contributed by atoms with Gasteiger partial charge in [-0.25, -0.2) is 4.98 Å². The van der Waals surface area contributed by atoms with E-state index in [0.29, 0.717) is 6.42 Å². The third-order valence-electron chi connectivity index (χ3n) is 3.21. The Kier molecular flexibility index (Phi) is 3.14. The second-order valence-electron chi connectivity index (χ2n) is 4.37. The fourth-order valence-corrected chi connectivity index (χ4v) is 2.11. The standard InChI is InChI=1S/C14H17N3/c1-4-14-16-12-8-10(2)11(3)9-13(12)17(14)7-5-6-15/h8-9H,4-5,7H2,1-3H3. The molecule has 0 spiro atoms. The number of nitrogens with zero attached hydrogens (tertiary/aromatic N) is 3. The average Bonchev–Trinajstić information content (AvgIpc) is 2.64. The molecule has 1 aromatic carbocycles. The summed E-state index contributed by atoms with van der Waals surface area (Å²) in [5, 5.41) is 8.72. The summed E-state index contributed by atoms with van der Waals surface area (Å²) in [5.41, 5.74) is 4.74. The molecule has 0 aliphatic carbocycles. The Morgan fingerprint density at radius 2 is 2.00 bits per heavy atom. The molecule has 0 unspecified atom stereocenters. The highest BCUT2D eigenvalue weighted by atomic mass is 15.1. The number of benzene rings is 1. The monoisotopic (exact) mass is 227 g/mol. The summed E-state index contributed by atoms with van der Waals surface area (Å²) in [5.74, 6) is 1.07. The van der Waals surface area contributed by atoms with Crippen LogP contribution in [0.2, 0.25) is 0 Å². The largest absolute Gasteiger partial charge is 0.327 e. The number of nitriles is 1. The van der Waals surface area contributed by atoms with Gasteiger partial charge in [0.1, 0.15) is 5.82 Å². The minimum absolute atomic E-state index is 0.533. The molecule has 0 saturated carbocycles. The van der Waals surface area contributed by atoms with Gasteiger partial charge < -0.3 is 4.57 Å². The number of aryl methyl sites for hydroxylation is 4. The summed E-state index contributed by atoms with van der Waals surface area (Å²) in [7, 11) is 0. The highest BCUT2D eigenvalue weighted by Crippen LogP contribution is 2.21. The topological polar surface area (TPSA) is 41.6 Å². The van der Waals surface area contributed by atoms with Crippen LogP contribution in [-0.4, -0.2) is 9.55 Å². The Balaban J connectivity index is 2.62. The fourth-order valence-electron chi connectivity index (χ4n) is 2.11. The molecule has 0 saturated heterocycles. The van der Waals surface area contributed by atoms with Crippen molar-refractivity contribution in [3.05, 3.63) is 29.1 Å². The number of aromatic nitrogens is 2. The van der Waals surface area contributed by atoms with Crippen molar-refractivity contribution in [3.8, 4) is 6.07 Å². The minimum atomic E-state index is 0.533. The lowest BCUT2D eigenvalue weighted by Gasteiger charge is -2.06. The predicted molar refractivity (Wildman–Crippen MR) is 68.8 cm³/mol. The van der Waals surface area contributed by atoms with Crippen LogP contribution in [0.25, 0.3) is 11.0 Å². The molecule has 0 amide bonds. The van der Waals surface area contributed by atoms with E-state index < -0.39 is 0 Å². The van der Waals surface area contributed by atoms with E-state index in [-0.39, 0.29) is 0 Å². The third kappa shape index (κ3) is 2.03. The highest BCUT2D eigenvalue weighted by Gasteiger charge is 2.10. The molecule has 0 aliphatic rings. The van der Waals surface area contributed by atoms with Crippen molar-refractivity contribution in [2.75, 3.05) is 0 Å². The SMILES string of the molecule is CCc1nc2cc(C)c(C)cc2n1CCC#N. The first-order chi connectivity index (χ1) is 8.17. The Labute approximate surface area is 102 Å². The second kappa shape index (κ2) is 4.58. The first-order valence-corrected chi connectivity index (χ1v) is 6.00. The van der Waals surface area contributed by atoms with Crippen LogP contribution in [0.3, 0.4) is 0 Å². The Hall–Kier alpha value is -1.82. The van der Waals surface area contributed by atoms with Gasteiger partial charge >= 0.3 is 0 Å². The van der Waals surface area contributed by atoms with E-state index in [0.717, 1.165) is 29.8 Å². The van der Waals surface area contributed by atoms with Gasteiger partial charge in [-0.15, -0.1) is 0 Å². The van der Waals surface area contributed by atoms with Crippen molar-refractivity contribution in [3.63, 3.8) is 0 Å². The van der Waals surface area contributed by atoms with Crippen LogP contribution in [0.15, 0.2) is 12.1 Å². The maximum Gasteiger partial charge on any atom is 0.109 e. The summed E-state index contributed by atoms with van der Waals surface area (Å²) in [6.07, 6.45) is 1.43. The van der Waals surface area contributed by atoms with Crippen LogP contribution < -0.4 is 0 Å². The molecule has 0 radical (unpaired) electrons. The van der Waals surface area contributed by atoms with E-state index in [4.69, 9.17) is 5.26 Å². The van der Waals surface area contributed by atoms with Gasteiger partial charge in [0.05, 0.1) is 23.5 Å². The van der Waals surface area contributed by atoms with Gasteiger partial charge in [0.2, 0.25) is 0 Å². The van der Waals surface area contributed by atoms with Gasteiger partial charge in [-0.3, -0.25) is 0 Å². The first kappa shape index (κ1) is 11.7. The summed E-state index contributed by atoms with van der Waals surface area (Å²) in [6.45, 7) is 7.05. The van der Waals surface area contributed by atoms with E-state index in [1.54, 1.807) is 0 Å². The molecule has 17 heavy (non-hydrogen) atoms. The van der Waals surface area contributed by atoms with Gasteiger partial charge in [-0.2, -0.15) is 5.26 Å². The van der Waals surface area contributed by atoms with Crippen LogP contribution in [0.5, 0.6) is 0 Å². The quantitative estimate of drug-likeness (QED) is 0.808. The van der Waals surface area contributed by atoms with Gasteiger partial charge in [0, 0.05) is 13.0 Å². The number of imidazole rings is 1. The smallest absolute Gasteiger partial charge is 0.109 e. The van der Waals surface area contributed by atoms with Gasteiger partial charge in [0.15, 0.2) is 0 Å². The van der Waals surface area contributed by atoms with Crippen LogP contribution >= 0.6 is 0 Å². The van der Waals surface area contributed by atoms with E-state index in [1.807, 2.05) is 0 Å². The van der Waals surface area contributed by atoms with Crippen molar-refractivity contribution in [1.29, 1.82) is 5.26 Å². The van der Waals surface area contributed by atoms with Crippen LogP contribution in [0.4, 0.5) is 0 Å². The summed E-state index contributed by atoms with van der Waals surface area (Å²) >= 11 is 0. The number of hydrogen-bond acceptors (Lipinski definition) is 2. The molecule has 88 valence electrons. The summed E-state index contributed by atoms with van der Waals surface area (Å²) in [4.78, 5) is 4.64. The maximum absolute atomic E-state index is 8.72. The molecule has 1 aromatic heterocycles. The van der Waals surface area contributed by atoms with Crippen LogP contribution in [0, 0.1) is 25.2 Å². The van der Waals surface area contributed by atoms with E-state index in [2.05, 4.69) is 48.5 Å². The lowest BCUT2D eigenvalue weighted by molar-refractivity contribution is 0.689. The summed E-state index contributed by atoms with van der Waals surface area (Å²) in [6, 6.07) is 6.51. The molecule has 0 bridgehead atoms. The number of fused-ring (bicyclic) bond motifs is 1. The Morgan fingerprint density at radius 3 is 2.65 bits per heavy atom. The molecule has 0 atom stereocenters. The van der Waals surface area contributed by atoms with Crippen molar-refractivity contribution in [2.45, 2.75) is 40.2 Å². The normalized spacial score (nSPS) is 10.7. The Bertz CT molecular complexity index is 588. The zero-order chi connectivity index (χ0) is 12.4. The van der Waals surface area contributed by atoms with Gasteiger partial charge in [0.25, 0.3) is 0 Å². The molecule has 2 aromatic rings. The van der Waals surface area contributed by atoms with Crippen molar-refractivity contribution >= 4 is 11.0 Å². The molecule has 1 heterocycles.